The number of amides is 2. The first kappa shape index (κ1) is 27.9. The third-order valence-corrected chi connectivity index (χ3v) is 7.76. The highest BCUT2D eigenvalue weighted by atomic mass is 16.6. The Hall–Kier alpha value is -3.63. The van der Waals surface area contributed by atoms with Gasteiger partial charge in [0, 0.05) is 51.1 Å². The Morgan fingerprint density at radius 3 is 2.48 bits per heavy atom. The van der Waals surface area contributed by atoms with Crippen molar-refractivity contribution in [3.63, 3.8) is 0 Å². The zero-order valence-corrected chi connectivity index (χ0v) is 22.9. The van der Waals surface area contributed by atoms with Gasteiger partial charge >= 0.3 is 5.97 Å². The number of nitrogens with one attached hydrogen (secondary N) is 3. The number of rotatable bonds is 2. The number of phenolic OH excluding ortho intramolecular Hbond substituents is 1. The van der Waals surface area contributed by atoms with Crippen molar-refractivity contribution in [1.82, 2.24) is 20.9 Å². The summed E-state index contributed by atoms with van der Waals surface area (Å²) in [7, 11) is 0. The summed E-state index contributed by atoms with van der Waals surface area (Å²) in [5.41, 5.74) is 2.54. The number of hydrogen-bond donors (Lipinski definition) is 4. The van der Waals surface area contributed by atoms with Crippen LogP contribution in [0, 0.1) is 0 Å². The maximum atomic E-state index is 14.3. The Balaban J connectivity index is 1.54. The Bertz CT molecular complexity index is 1220. The first-order chi connectivity index (χ1) is 19.4. The smallest absolute Gasteiger partial charge is 0.304 e. The zero-order valence-electron chi connectivity index (χ0n) is 22.9. The zero-order chi connectivity index (χ0) is 28.1. The van der Waals surface area contributed by atoms with Crippen molar-refractivity contribution < 1.29 is 29.0 Å². The predicted octanol–water partition coefficient (Wildman–Crippen LogP) is 2.64. The number of carbonyl (C=O) groups is 3. The number of carbonyl (C=O) groups excluding carboxylic acids is 3. The van der Waals surface area contributed by atoms with E-state index >= 15 is 0 Å². The third kappa shape index (κ3) is 6.56. The summed E-state index contributed by atoms with van der Waals surface area (Å²) in [4.78, 5) is 40.8. The summed E-state index contributed by atoms with van der Waals surface area (Å²) in [6.07, 6.45) is 1.97. The minimum absolute atomic E-state index is 0.0345. The first-order valence-corrected chi connectivity index (χ1v) is 14.2. The molecular formula is C30H38N4O6. The molecule has 4 atom stereocenters. The molecule has 5 rings (SSSR count). The summed E-state index contributed by atoms with van der Waals surface area (Å²) < 4.78 is 11.9. The van der Waals surface area contributed by atoms with E-state index in [9.17, 15) is 19.5 Å². The van der Waals surface area contributed by atoms with E-state index < -0.39 is 18.2 Å². The molecule has 0 saturated carbocycles. The number of nitrogens with zero attached hydrogens (tertiary/aromatic N) is 1. The van der Waals surface area contributed by atoms with E-state index in [1.165, 1.54) is 6.92 Å². The quantitative estimate of drug-likeness (QED) is 0.420. The van der Waals surface area contributed by atoms with Gasteiger partial charge in [0.2, 0.25) is 11.8 Å². The first-order valence-electron chi connectivity index (χ1n) is 14.2. The molecule has 0 radical (unpaired) electrons. The molecular weight excluding hydrogens is 512 g/mol. The lowest BCUT2D eigenvalue weighted by atomic mass is 9.87. The molecule has 3 heterocycles. The number of fused-ring (bicyclic) bond motifs is 1. The summed E-state index contributed by atoms with van der Waals surface area (Å²) in [6, 6.07) is 12.4. The van der Waals surface area contributed by atoms with Crippen molar-refractivity contribution >= 4 is 17.8 Å². The predicted molar refractivity (Wildman–Crippen MR) is 148 cm³/mol. The van der Waals surface area contributed by atoms with Crippen molar-refractivity contribution in [3.05, 3.63) is 59.2 Å². The van der Waals surface area contributed by atoms with Gasteiger partial charge in [0.25, 0.3) is 0 Å². The van der Waals surface area contributed by atoms with Crippen LogP contribution in [0.25, 0.3) is 0 Å². The summed E-state index contributed by atoms with van der Waals surface area (Å²) in [5.74, 6) is -0.187. The molecule has 4 N–H and O–H groups in total. The Morgan fingerprint density at radius 2 is 1.70 bits per heavy atom. The van der Waals surface area contributed by atoms with Gasteiger partial charge in [0.15, 0.2) is 6.23 Å². The highest BCUT2D eigenvalue weighted by molar-refractivity contribution is 5.87. The molecule has 3 aliphatic heterocycles. The van der Waals surface area contributed by atoms with E-state index in [0.717, 1.165) is 23.1 Å². The van der Waals surface area contributed by atoms with Crippen LogP contribution in [-0.4, -0.2) is 66.7 Å². The normalized spacial score (nSPS) is 26.1. The van der Waals surface area contributed by atoms with Crippen LogP contribution < -0.4 is 20.7 Å². The summed E-state index contributed by atoms with van der Waals surface area (Å²) in [5, 5.41) is 19.7. The van der Waals surface area contributed by atoms with E-state index in [4.69, 9.17) is 9.47 Å². The molecule has 2 amide bonds. The Morgan fingerprint density at radius 1 is 0.975 bits per heavy atom. The molecule has 2 aromatic rings. The lowest BCUT2D eigenvalue weighted by Gasteiger charge is -2.29. The molecule has 10 nitrogen and oxygen atoms in total. The van der Waals surface area contributed by atoms with Crippen molar-refractivity contribution in [1.29, 1.82) is 0 Å². The SMILES string of the molecule is CC(=O)OC1CCCN[C@H]2CC(=O)NCCCN(CCCN1)C(=O)[C@H]1c3cc2ccc3O[C@@H]1c1ccc(O)cc1. The molecule has 40 heavy (non-hydrogen) atoms. The van der Waals surface area contributed by atoms with Crippen LogP contribution in [0.5, 0.6) is 11.5 Å². The average molecular weight is 551 g/mol. The van der Waals surface area contributed by atoms with Crippen LogP contribution in [0.15, 0.2) is 42.5 Å². The van der Waals surface area contributed by atoms with Gasteiger partial charge in [-0.1, -0.05) is 18.2 Å². The van der Waals surface area contributed by atoms with E-state index in [1.54, 1.807) is 24.3 Å². The third-order valence-electron chi connectivity index (χ3n) is 7.76. The monoisotopic (exact) mass is 550 g/mol. The summed E-state index contributed by atoms with van der Waals surface area (Å²) in [6.45, 7) is 4.08. The fraction of sp³-hybridized carbons (Fsp3) is 0.500. The van der Waals surface area contributed by atoms with E-state index in [0.29, 0.717) is 57.7 Å². The van der Waals surface area contributed by atoms with Gasteiger partial charge in [0.05, 0.1) is 0 Å². The Kier molecular flexibility index (Phi) is 8.86. The number of phenols is 1. The van der Waals surface area contributed by atoms with Crippen molar-refractivity contribution in [2.24, 2.45) is 0 Å². The van der Waals surface area contributed by atoms with Gasteiger partial charge < -0.3 is 30.1 Å². The lowest BCUT2D eigenvalue weighted by molar-refractivity contribution is -0.148. The molecule has 0 spiro atoms. The average Bonchev–Trinajstić information content (AvgIpc) is 3.31. The number of benzene rings is 2. The lowest BCUT2D eigenvalue weighted by Crippen LogP contribution is -2.41. The van der Waals surface area contributed by atoms with Crippen LogP contribution in [0.1, 0.15) is 73.8 Å². The highest BCUT2D eigenvalue weighted by Gasteiger charge is 2.43. The highest BCUT2D eigenvalue weighted by Crippen LogP contribution is 2.48. The van der Waals surface area contributed by atoms with Gasteiger partial charge in [-0.2, -0.15) is 0 Å². The minimum Gasteiger partial charge on any atom is -0.508 e. The summed E-state index contributed by atoms with van der Waals surface area (Å²) >= 11 is 0. The van der Waals surface area contributed by atoms with Gasteiger partial charge in [0.1, 0.15) is 23.5 Å². The fourth-order valence-electron chi connectivity index (χ4n) is 5.78. The molecule has 1 unspecified atom stereocenters. The standard InChI is InChI=1S/C30H38N4O6/c1-19(35)39-27-5-2-12-31-24-18-26(37)32-13-3-15-34(16-4-14-33-27)30(38)28-23-17-21(24)8-11-25(23)40-29(28)20-6-9-22(36)10-7-20/h6-11,17,24,27-29,31,33,36H,2-5,12-16,18H2,1H3,(H,32,37)/t24-,27?,28-,29+/m0/s1. The Labute approximate surface area is 234 Å². The number of ether oxygens (including phenoxy) is 2. The minimum atomic E-state index is -0.570. The van der Waals surface area contributed by atoms with Crippen LogP contribution >= 0.6 is 0 Å². The van der Waals surface area contributed by atoms with Crippen LogP contribution in [0.3, 0.4) is 0 Å². The van der Waals surface area contributed by atoms with Crippen LogP contribution in [0.2, 0.25) is 0 Å². The largest absolute Gasteiger partial charge is 0.508 e. The second-order valence-corrected chi connectivity index (χ2v) is 10.7. The van der Waals surface area contributed by atoms with Gasteiger partial charge in [-0.05, 0) is 67.6 Å². The number of hydrogen-bond acceptors (Lipinski definition) is 8. The second kappa shape index (κ2) is 12.7. The van der Waals surface area contributed by atoms with Gasteiger partial charge in [-0.25, -0.2) is 0 Å². The van der Waals surface area contributed by atoms with Crippen molar-refractivity contribution in [2.75, 3.05) is 32.7 Å². The van der Waals surface area contributed by atoms with Crippen molar-refractivity contribution in [2.45, 2.75) is 63.3 Å². The molecule has 2 aromatic carbocycles. The topological polar surface area (TPSA) is 129 Å². The molecule has 0 saturated heterocycles. The molecule has 10 heteroatoms. The maximum Gasteiger partial charge on any atom is 0.304 e. The molecule has 0 aliphatic carbocycles. The maximum absolute atomic E-state index is 14.3. The molecule has 4 bridgehead atoms. The van der Waals surface area contributed by atoms with E-state index in [2.05, 4.69) is 16.0 Å². The van der Waals surface area contributed by atoms with Crippen molar-refractivity contribution in [3.8, 4) is 11.5 Å². The number of esters is 1. The van der Waals surface area contributed by atoms with Crippen LogP contribution in [-0.2, 0) is 19.1 Å². The molecule has 214 valence electrons. The second-order valence-electron chi connectivity index (χ2n) is 10.7. The molecule has 0 aromatic heterocycles. The van der Waals surface area contributed by atoms with E-state index in [-0.39, 0.29) is 36.0 Å². The molecule has 3 aliphatic rings. The van der Waals surface area contributed by atoms with Gasteiger partial charge in [-0.3, -0.25) is 19.7 Å². The van der Waals surface area contributed by atoms with E-state index in [1.807, 2.05) is 23.1 Å². The fourth-order valence-corrected chi connectivity index (χ4v) is 5.78. The van der Waals surface area contributed by atoms with Gasteiger partial charge in [-0.15, -0.1) is 0 Å². The number of aromatic hydroxyl groups is 1. The molecule has 0 fully saturated rings. The van der Waals surface area contributed by atoms with Crippen LogP contribution in [0.4, 0.5) is 0 Å².